The molecule has 7 nitrogen and oxygen atoms in total. The zero-order chi connectivity index (χ0) is 19.7. The number of aromatic amines is 1. The predicted molar refractivity (Wildman–Crippen MR) is 107 cm³/mol. The normalized spacial score (nSPS) is 11.4. The first kappa shape index (κ1) is 17.5. The second-order valence-electron chi connectivity index (χ2n) is 6.31. The number of aromatic hydroxyl groups is 1. The molecule has 0 amide bonds. The Hall–Kier alpha value is -3.87. The van der Waals surface area contributed by atoms with Gasteiger partial charge in [-0.25, -0.2) is 0 Å². The van der Waals surface area contributed by atoms with Crippen LogP contribution in [0.1, 0.15) is 5.69 Å². The number of rotatable bonds is 4. The number of H-pyrrole nitrogens is 1. The first-order chi connectivity index (χ1) is 13.6. The Balaban J connectivity index is 1.87. The summed E-state index contributed by atoms with van der Waals surface area (Å²) in [4.78, 5) is 11.7. The smallest absolute Gasteiger partial charge is 0.264 e. The molecule has 28 heavy (non-hydrogen) atoms. The van der Waals surface area contributed by atoms with Crippen LogP contribution < -0.4 is 10.3 Å². The Bertz CT molecular complexity index is 1250. The summed E-state index contributed by atoms with van der Waals surface area (Å²) >= 11 is 0. The molecule has 4 aromatic rings. The van der Waals surface area contributed by atoms with Crippen molar-refractivity contribution >= 4 is 22.1 Å². The predicted octanol–water partition coefficient (Wildman–Crippen LogP) is 4.76. The second-order valence-corrected chi connectivity index (χ2v) is 6.31. The molecule has 0 saturated carbocycles. The lowest BCUT2D eigenvalue weighted by atomic mass is 10.1. The fourth-order valence-corrected chi connectivity index (χ4v) is 3.09. The van der Waals surface area contributed by atoms with Gasteiger partial charge in [0.15, 0.2) is 0 Å². The van der Waals surface area contributed by atoms with Crippen LogP contribution in [0.2, 0.25) is 0 Å². The van der Waals surface area contributed by atoms with Gasteiger partial charge >= 0.3 is 0 Å². The Morgan fingerprint density at radius 3 is 2.61 bits per heavy atom. The van der Waals surface area contributed by atoms with E-state index in [2.05, 4.69) is 15.3 Å². The van der Waals surface area contributed by atoms with Crippen molar-refractivity contribution in [2.75, 3.05) is 7.11 Å². The van der Waals surface area contributed by atoms with E-state index in [4.69, 9.17) is 4.74 Å². The van der Waals surface area contributed by atoms with Crippen molar-refractivity contribution in [1.29, 1.82) is 0 Å². The minimum atomic E-state index is -0.206. The number of phenolic OH excluding ortho intramolecular Hbond substituents is 1. The maximum absolute atomic E-state index is 11.7. The number of methoxy groups -OCH3 is 1. The summed E-state index contributed by atoms with van der Waals surface area (Å²) in [5.41, 5.74) is 2.04. The summed E-state index contributed by atoms with van der Waals surface area (Å²) in [6, 6.07) is 17.8. The number of azo groups is 1. The topological polar surface area (TPSA) is 92.0 Å². The highest BCUT2D eigenvalue weighted by Gasteiger charge is 2.11. The molecule has 0 fully saturated rings. The van der Waals surface area contributed by atoms with Crippen molar-refractivity contribution in [1.82, 2.24) is 9.78 Å². The fourth-order valence-electron chi connectivity index (χ4n) is 3.09. The molecule has 0 aliphatic carbocycles. The van der Waals surface area contributed by atoms with Gasteiger partial charge in [0.25, 0.3) is 5.56 Å². The lowest BCUT2D eigenvalue weighted by Gasteiger charge is -2.10. The molecule has 4 rings (SSSR count). The lowest BCUT2D eigenvalue weighted by molar-refractivity contribution is 0.415. The number of benzene rings is 3. The molecule has 2 N–H and O–H groups in total. The van der Waals surface area contributed by atoms with E-state index >= 15 is 0 Å². The van der Waals surface area contributed by atoms with Gasteiger partial charge in [-0.05, 0) is 30.5 Å². The Labute approximate surface area is 160 Å². The summed E-state index contributed by atoms with van der Waals surface area (Å²) in [7, 11) is 1.56. The van der Waals surface area contributed by atoms with Crippen molar-refractivity contribution < 1.29 is 9.84 Å². The van der Waals surface area contributed by atoms with Crippen LogP contribution in [0, 0.1) is 6.92 Å². The third-order valence-corrected chi connectivity index (χ3v) is 4.48. The van der Waals surface area contributed by atoms with Gasteiger partial charge in [-0.15, -0.1) is 10.2 Å². The highest BCUT2D eigenvalue weighted by atomic mass is 16.5. The van der Waals surface area contributed by atoms with Crippen LogP contribution in [0.25, 0.3) is 16.5 Å². The van der Waals surface area contributed by atoms with Crippen molar-refractivity contribution in [2.24, 2.45) is 10.2 Å². The first-order valence-electron chi connectivity index (χ1n) is 8.66. The van der Waals surface area contributed by atoms with Crippen LogP contribution in [-0.4, -0.2) is 22.0 Å². The molecule has 0 radical (unpaired) electrons. The maximum atomic E-state index is 11.7. The molecular formula is C21H18N4O3. The van der Waals surface area contributed by atoms with Gasteiger partial charge in [0.05, 0.1) is 12.8 Å². The molecule has 140 valence electrons. The summed E-state index contributed by atoms with van der Waals surface area (Å²) in [5.74, 6) is 0.643. The van der Waals surface area contributed by atoms with Crippen LogP contribution in [-0.2, 0) is 0 Å². The molecule has 0 aliphatic rings. The molecular weight excluding hydrogens is 356 g/mol. The van der Waals surface area contributed by atoms with Gasteiger partial charge in [-0.3, -0.25) is 14.6 Å². The third kappa shape index (κ3) is 3.14. The molecule has 7 heteroatoms. The number of nitrogens with one attached hydrogen (secondary N) is 1. The number of hydrogen-bond donors (Lipinski definition) is 2. The SMILES string of the molecule is COc1ccc(-n2[nH]c(=O)cc2C)c(N=Nc2c(O)ccc3ccccc23)c1. The van der Waals surface area contributed by atoms with Crippen LogP contribution in [0.4, 0.5) is 11.4 Å². The number of aryl methyl sites for hydroxylation is 1. The average molecular weight is 374 g/mol. The Morgan fingerprint density at radius 1 is 1.04 bits per heavy atom. The van der Waals surface area contributed by atoms with E-state index < -0.39 is 0 Å². The molecule has 0 atom stereocenters. The van der Waals surface area contributed by atoms with Gasteiger partial charge in [-0.2, -0.15) is 0 Å². The Kier molecular flexibility index (Phi) is 4.41. The number of nitrogens with zero attached hydrogens (tertiary/aromatic N) is 3. The fraction of sp³-hybridized carbons (Fsp3) is 0.0952. The van der Waals surface area contributed by atoms with Crippen LogP contribution in [0.3, 0.4) is 0 Å². The van der Waals surface area contributed by atoms with E-state index in [-0.39, 0.29) is 11.3 Å². The summed E-state index contributed by atoms with van der Waals surface area (Å²) in [5, 5.41) is 23.5. The molecule has 0 aliphatic heterocycles. The van der Waals surface area contributed by atoms with Gasteiger partial charge in [0.2, 0.25) is 0 Å². The first-order valence-corrected chi connectivity index (χ1v) is 8.66. The van der Waals surface area contributed by atoms with Crippen LogP contribution in [0.15, 0.2) is 75.7 Å². The monoisotopic (exact) mass is 374 g/mol. The standard InChI is InChI=1S/C21H18N4O3/c1-13-11-20(27)24-25(13)18-9-8-15(28-2)12-17(18)22-23-21-16-6-4-3-5-14(16)7-10-19(21)26/h3-12,26H,1-2H3,(H,24,27). The van der Waals surface area contributed by atoms with E-state index in [0.29, 0.717) is 22.8 Å². The van der Waals surface area contributed by atoms with Crippen LogP contribution in [0.5, 0.6) is 11.5 Å². The third-order valence-electron chi connectivity index (χ3n) is 4.48. The van der Waals surface area contributed by atoms with E-state index in [9.17, 15) is 9.90 Å². The number of phenols is 1. The van der Waals surface area contributed by atoms with Crippen molar-refractivity contribution in [3.8, 4) is 17.2 Å². The number of fused-ring (bicyclic) bond motifs is 1. The minimum Gasteiger partial charge on any atom is -0.506 e. The number of hydrogen-bond acceptors (Lipinski definition) is 5. The lowest BCUT2D eigenvalue weighted by Crippen LogP contribution is -2.04. The second kappa shape index (κ2) is 7.03. The van der Waals surface area contributed by atoms with E-state index in [0.717, 1.165) is 16.5 Å². The van der Waals surface area contributed by atoms with Crippen molar-refractivity contribution in [3.63, 3.8) is 0 Å². The zero-order valence-electron chi connectivity index (χ0n) is 15.4. The molecule has 0 unspecified atom stereocenters. The maximum Gasteiger partial charge on any atom is 0.264 e. The molecule has 0 saturated heterocycles. The molecule has 1 aromatic heterocycles. The highest BCUT2D eigenvalue weighted by Crippen LogP contribution is 2.37. The molecule has 1 heterocycles. The van der Waals surface area contributed by atoms with Gasteiger partial charge in [0.1, 0.15) is 22.9 Å². The highest BCUT2D eigenvalue weighted by molar-refractivity contribution is 5.95. The Morgan fingerprint density at radius 2 is 1.86 bits per heavy atom. The van der Waals surface area contributed by atoms with Gasteiger partial charge < -0.3 is 9.84 Å². The van der Waals surface area contributed by atoms with E-state index in [1.165, 1.54) is 6.07 Å². The summed E-state index contributed by atoms with van der Waals surface area (Å²) in [6.07, 6.45) is 0. The summed E-state index contributed by atoms with van der Waals surface area (Å²) < 4.78 is 6.93. The minimum absolute atomic E-state index is 0.0393. The van der Waals surface area contributed by atoms with Crippen LogP contribution >= 0.6 is 0 Å². The average Bonchev–Trinajstić information content (AvgIpc) is 3.04. The van der Waals surface area contributed by atoms with Gasteiger partial charge in [0, 0.05) is 23.2 Å². The van der Waals surface area contributed by atoms with Crippen molar-refractivity contribution in [3.05, 3.63) is 76.7 Å². The molecule has 0 bridgehead atoms. The van der Waals surface area contributed by atoms with E-state index in [1.807, 2.05) is 37.3 Å². The van der Waals surface area contributed by atoms with Gasteiger partial charge in [-0.1, -0.05) is 30.3 Å². The zero-order valence-corrected chi connectivity index (χ0v) is 15.4. The quantitative estimate of drug-likeness (QED) is 0.505. The summed E-state index contributed by atoms with van der Waals surface area (Å²) in [6.45, 7) is 1.82. The molecule has 0 spiro atoms. The van der Waals surface area contributed by atoms with E-state index in [1.54, 1.807) is 36.1 Å². The number of aromatic nitrogens is 2. The molecule has 3 aromatic carbocycles. The van der Waals surface area contributed by atoms with Crippen molar-refractivity contribution in [2.45, 2.75) is 6.92 Å². The largest absolute Gasteiger partial charge is 0.506 e. The number of ether oxygens (including phenoxy) is 1.